The standard InChI is InChI=1S/C16H6BN4O2/c18-7-11-1-3-15(5-13(11)9-20)22-17-23-16-4-2-12(8-19)14(6-16)10-21/h1-6H. The van der Waals surface area contributed by atoms with Crippen LogP contribution >= 0.6 is 0 Å². The third-order valence-electron chi connectivity index (χ3n) is 2.83. The van der Waals surface area contributed by atoms with Gasteiger partial charge in [-0.3, -0.25) is 0 Å². The van der Waals surface area contributed by atoms with Crippen molar-refractivity contribution in [1.82, 2.24) is 0 Å². The van der Waals surface area contributed by atoms with Crippen LogP contribution in [0.15, 0.2) is 36.4 Å². The molecule has 0 heterocycles. The third-order valence-corrected chi connectivity index (χ3v) is 2.83. The highest BCUT2D eigenvalue weighted by Gasteiger charge is 2.08. The highest BCUT2D eigenvalue weighted by atomic mass is 16.6. The minimum atomic E-state index is 0.198. The van der Waals surface area contributed by atoms with E-state index >= 15 is 0 Å². The summed E-state index contributed by atoms with van der Waals surface area (Å²) in [6, 6.07) is 16.4. The second kappa shape index (κ2) is 7.18. The van der Waals surface area contributed by atoms with Crippen LogP contribution < -0.4 is 9.31 Å². The first-order chi connectivity index (χ1) is 11.2. The van der Waals surface area contributed by atoms with E-state index in [1.165, 1.54) is 36.4 Å². The van der Waals surface area contributed by atoms with Gasteiger partial charge in [0.1, 0.15) is 35.8 Å². The Hall–Kier alpha value is -3.94. The maximum absolute atomic E-state index is 8.93. The van der Waals surface area contributed by atoms with Crippen LogP contribution in [0, 0.1) is 45.3 Å². The van der Waals surface area contributed by atoms with Crippen LogP contribution in [-0.2, 0) is 0 Å². The largest absolute Gasteiger partial charge is 0.658 e. The highest BCUT2D eigenvalue weighted by molar-refractivity contribution is 6.20. The van der Waals surface area contributed by atoms with Crippen LogP contribution in [0.25, 0.3) is 0 Å². The van der Waals surface area contributed by atoms with Gasteiger partial charge in [-0.25, -0.2) is 0 Å². The Morgan fingerprint density at radius 3 is 1.35 bits per heavy atom. The minimum absolute atomic E-state index is 0.198. The second-order valence-corrected chi connectivity index (χ2v) is 4.19. The van der Waals surface area contributed by atoms with E-state index < -0.39 is 0 Å². The Bertz CT molecular complexity index is 838. The molecule has 0 unspecified atom stereocenters. The van der Waals surface area contributed by atoms with E-state index in [0.717, 1.165) is 7.69 Å². The van der Waals surface area contributed by atoms with Gasteiger partial charge in [-0.2, -0.15) is 21.0 Å². The molecule has 2 rings (SSSR count). The molecular weight excluding hydrogens is 291 g/mol. The molecule has 0 N–H and O–H groups in total. The fraction of sp³-hybridized carbons (Fsp3) is 0. The van der Waals surface area contributed by atoms with E-state index in [-0.39, 0.29) is 22.3 Å². The number of hydrogen-bond acceptors (Lipinski definition) is 6. The highest BCUT2D eigenvalue weighted by Crippen LogP contribution is 2.18. The molecule has 0 spiro atoms. The Labute approximate surface area is 133 Å². The van der Waals surface area contributed by atoms with Crippen LogP contribution in [0.3, 0.4) is 0 Å². The van der Waals surface area contributed by atoms with E-state index in [1.807, 2.05) is 24.3 Å². The van der Waals surface area contributed by atoms with Crippen molar-refractivity contribution in [3.05, 3.63) is 58.7 Å². The molecule has 0 saturated carbocycles. The predicted octanol–water partition coefficient (Wildman–Crippen LogP) is 2.17. The lowest BCUT2D eigenvalue weighted by Crippen LogP contribution is -2.11. The Morgan fingerprint density at radius 1 is 0.609 bits per heavy atom. The zero-order valence-electron chi connectivity index (χ0n) is 11.6. The van der Waals surface area contributed by atoms with Crippen LogP contribution in [0.5, 0.6) is 11.5 Å². The van der Waals surface area contributed by atoms with Gasteiger partial charge < -0.3 is 9.31 Å². The number of nitrogens with zero attached hydrogens (tertiary/aromatic N) is 4. The van der Waals surface area contributed by atoms with E-state index in [2.05, 4.69) is 0 Å². The smallest absolute Gasteiger partial charge is 0.526 e. The Balaban J connectivity index is 2.04. The molecule has 7 heteroatoms. The third kappa shape index (κ3) is 3.58. The first-order valence-corrected chi connectivity index (χ1v) is 6.25. The lowest BCUT2D eigenvalue weighted by atomic mass is 10.1. The van der Waals surface area contributed by atoms with Crippen LogP contribution in [0.2, 0.25) is 0 Å². The van der Waals surface area contributed by atoms with E-state index in [0.29, 0.717) is 11.5 Å². The van der Waals surface area contributed by atoms with E-state index in [1.54, 1.807) is 0 Å². The Morgan fingerprint density at radius 2 is 1.00 bits per heavy atom. The summed E-state index contributed by atoms with van der Waals surface area (Å²) in [5, 5.41) is 35.5. The maximum Gasteiger partial charge on any atom is 0.658 e. The van der Waals surface area contributed by atoms with Crippen LogP contribution in [0.4, 0.5) is 0 Å². The molecule has 1 radical (unpaired) electrons. The normalized spacial score (nSPS) is 8.70. The molecule has 0 aliphatic rings. The lowest BCUT2D eigenvalue weighted by molar-refractivity contribution is 0.459. The van der Waals surface area contributed by atoms with Crippen molar-refractivity contribution in [1.29, 1.82) is 21.0 Å². The van der Waals surface area contributed by atoms with Crippen LogP contribution in [0.1, 0.15) is 22.3 Å². The number of hydrogen-bond donors (Lipinski definition) is 0. The monoisotopic (exact) mass is 297 g/mol. The van der Waals surface area contributed by atoms with Gasteiger partial charge in [0.15, 0.2) is 0 Å². The molecule has 6 nitrogen and oxygen atoms in total. The van der Waals surface area contributed by atoms with Gasteiger partial charge in [0.25, 0.3) is 0 Å². The van der Waals surface area contributed by atoms with E-state index in [4.69, 9.17) is 30.4 Å². The quantitative estimate of drug-likeness (QED) is 0.799. The van der Waals surface area contributed by atoms with Gasteiger partial charge in [0.2, 0.25) is 0 Å². The fourth-order valence-corrected chi connectivity index (χ4v) is 1.71. The molecule has 0 aliphatic carbocycles. The number of nitriles is 4. The summed E-state index contributed by atoms with van der Waals surface area (Å²) >= 11 is 0. The van der Waals surface area contributed by atoms with Gasteiger partial charge in [-0.05, 0) is 36.4 Å². The Kier molecular flexibility index (Phi) is 4.83. The molecule has 0 aromatic heterocycles. The first kappa shape index (κ1) is 15.5. The van der Waals surface area contributed by atoms with Crippen molar-refractivity contribution in [2.24, 2.45) is 0 Å². The van der Waals surface area contributed by atoms with Crippen molar-refractivity contribution < 1.29 is 9.31 Å². The molecule has 0 fully saturated rings. The van der Waals surface area contributed by atoms with Gasteiger partial charge in [-0.1, -0.05) is 0 Å². The molecule has 0 aliphatic heterocycles. The summed E-state index contributed by atoms with van der Waals surface area (Å²) in [5.41, 5.74) is 0.908. The minimum Gasteiger partial charge on any atom is -0.526 e. The molecule has 0 atom stereocenters. The van der Waals surface area contributed by atoms with Crippen molar-refractivity contribution in [3.63, 3.8) is 0 Å². The lowest BCUT2D eigenvalue weighted by Gasteiger charge is -2.07. The molecule has 23 heavy (non-hydrogen) atoms. The SMILES string of the molecule is N#Cc1ccc(O[B]Oc2ccc(C#N)c(C#N)c2)cc1C#N. The topological polar surface area (TPSA) is 114 Å². The van der Waals surface area contributed by atoms with Crippen molar-refractivity contribution in [2.45, 2.75) is 0 Å². The zero-order chi connectivity index (χ0) is 16.7. The van der Waals surface area contributed by atoms with Crippen LogP contribution in [-0.4, -0.2) is 7.69 Å². The average molecular weight is 297 g/mol. The zero-order valence-corrected chi connectivity index (χ0v) is 11.6. The summed E-state index contributed by atoms with van der Waals surface area (Å²) < 4.78 is 10.5. The predicted molar refractivity (Wildman–Crippen MR) is 78.8 cm³/mol. The molecule has 0 saturated heterocycles. The summed E-state index contributed by atoms with van der Waals surface area (Å²) in [6.07, 6.45) is 0. The van der Waals surface area contributed by atoms with Crippen molar-refractivity contribution in [2.75, 3.05) is 0 Å². The molecule has 0 bridgehead atoms. The maximum atomic E-state index is 8.93. The number of benzene rings is 2. The summed E-state index contributed by atoms with van der Waals surface area (Å²) in [5.74, 6) is 0.657. The van der Waals surface area contributed by atoms with Gasteiger partial charge in [0, 0.05) is 0 Å². The molecule has 2 aromatic carbocycles. The summed E-state index contributed by atoms with van der Waals surface area (Å²) in [6.45, 7) is 0. The molecule has 2 aromatic rings. The van der Waals surface area contributed by atoms with E-state index in [9.17, 15) is 0 Å². The number of rotatable bonds is 4. The first-order valence-electron chi connectivity index (χ1n) is 6.25. The van der Waals surface area contributed by atoms with Gasteiger partial charge in [0.05, 0.1) is 22.3 Å². The molecule has 0 amide bonds. The van der Waals surface area contributed by atoms with Crippen molar-refractivity contribution >= 4 is 7.69 Å². The van der Waals surface area contributed by atoms with Crippen molar-refractivity contribution in [3.8, 4) is 35.8 Å². The summed E-state index contributed by atoms with van der Waals surface area (Å²) in [7, 11) is 1.03. The second-order valence-electron chi connectivity index (χ2n) is 4.19. The van der Waals surface area contributed by atoms with Gasteiger partial charge in [-0.15, -0.1) is 0 Å². The average Bonchev–Trinajstić information content (AvgIpc) is 2.61. The molecule has 105 valence electrons. The van der Waals surface area contributed by atoms with Gasteiger partial charge >= 0.3 is 7.69 Å². The molecular formula is C16H6BN4O2. The fourth-order valence-electron chi connectivity index (χ4n) is 1.71. The summed E-state index contributed by atoms with van der Waals surface area (Å²) in [4.78, 5) is 0.